The number of nitrogens with one attached hydrogen (secondary N) is 2. The molecule has 0 bridgehead atoms. The molecule has 2 amide bonds. The number of ether oxygens (including phenoxy) is 1. The number of aryl methyl sites for hydroxylation is 2. The summed E-state index contributed by atoms with van der Waals surface area (Å²) in [5.41, 5.74) is 2.83. The first-order valence-electron chi connectivity index (χ1n) is 6.57. The van der Waals surface area contributed by atoms with E-state index in [2.05, 4.69) is 15.4 Å². The van der Waals surface area contributed by atoms with E-state index >= 15 is 0 Å². The molecule has 0 heterocycles. The largest absolute Gasteiger partial charge is 0.467 e. The van der Waals surface area contributed by atoms with Crippen LogP contribution in [0.15, 0.2) is 18.2 Å². The van der Waals surface area contributed by atoms with Crippen molar-refractivity contribution < 1.29 is 14.3 Å². The van der Waals surface area contributed by atoms with Crippen LogP contribution in [0.2, 0.25) is 0 Å². The van der Waals surface area contributed by atoms with Gasteiger partial charge in [0.25, 0.3) is 0 Å². The average molecular weight is 278 g/mol. The quantitative estimate of drug-likeness (QED) is 0.832. The Hall–Kier alpha value is -2.04. The Labute approximate surface area is 119 Å². The van der Waals surface area contributed by atoms with E-state index in [1.54, 1.807) is 0 Å². The molecule has 0 aromatic heterocycles. The van der Waals surface area contributed by atoms with Crippen LogP contribution in [0.3, 0.4) is 0 Å². The maximum absolute atomic E-state index is 11.9. The van der Waals surface area contributed by atoms with Gasteiger partial charge in [0.15, 0.2) is 0 Å². The van der Waals surface area contributed by atoms with Gasteiger partial charge in [-0.2, -0.15) is 0 Å². The van der Waals surface area contributed by atoms with Crippen molar-refractivity contribution in [3.63, 3.8) is 0 Å². The number of methoxy groups -OCH3 is 1. The normalized spacial score (nSPS) is 11.9. The van der Waals surface area contributed by atoms with E-state index in [9.17, 15) is 9.59 Å². The second-order valence-electron chi connectivity index (χ2n) is 5.22. The number of hydrogen-bond donors (Lipinski definition) is 2. The van der Waals surface area contributed by atoms with E-state index in [0.717, 1.165) is 11.1 Å². The molecule has 0 fully saturated rings. The van der Waals surface area contributed by atoms with Crippen molar-refractivity contribution in [2.24, 2.45) is 5.92 Å². The molecule has 110 valence electrons. The van der Waals surface area contributed by atoms with E-state index in [4.69, 9.17) is 0 Å². The number of anilines is 1. The highest BCUT2D eigenvalue weighted by molar-refractivity contribution is 5.92. The molecule has 1 aromatic carbocycles. The van der Waals surface area contributed by atoms with Crippen molar-refractivity contribution in [2.75, 3.05) is 12.4 Å². The fourth-order valence-electron chi connectivity index (χ4n) is 1.98. The van der Waals surface area contributed by atoms with Crippen LogP contribution in [0.4, 0.5) is 10.5 Å². The van der Waals surface area contributed by atoms with Gasteiger partial charge < -0.3 is 15.4 Å². The third-order valence-electron chi connectivity index (χ3n) is 2.89. The first kappa shape index (κ1) is 16.0. The molecular weight excluding hydrogens is 256 g/mol. The predicted octanol–water partition coefficient (Wildman–Crippen LogP) is 2.62. The summed E-state index contributed by atoms with van der Waals surface area (Å²) < 4.78 is 4.68. The molecule has 5 heteroatoms. The summed E-state index contributed by atoms with van der Waals surface area (Å²) in [6.07, 6.45) is 0. The van der Waals surface area contributed by atoms with Crippen LogP contribution >= 0.6 is 0 Å². The lowest BCUT2D eigenvalue weighted by atomic mass is 10.1. The maximum Gasteiger partial charge on any atom is 0.328 e. The van der Waals surface area contributed by atoms with Crippen LogP contribution < -0.4 is 10.6 Å². The molecule has 5 nitrogen and oxygen atoms in total. The van der Waals surface area contributed by atoms with Crippen LogP contribution in [0.1, 0.15) is 25.0 Å². The molecule has 0 spiro atoms. The Morgan fingerprint density at radius 2 is 1.65 bits per heavy atom. The highest BCUT2D eigenvalue weighted by Crippen LogP contribution is 2.14. The maximum atomic E-state index is 11.9. The number of amides is 2. The minimum absolute atomic E-state index is 0.0487. The Kier molecular flexibility index (Phi) is 5.55. The molecule has 0 radical (unpaired) electrons. The Morgan fingerprint density at radius 3 is 2.10 bits per heavy atom. The molecule has 0 aliphatic rings. The van der Waals surface area contributed by atoms with E-state index in [-0.39, 0.29) is 5.92 Å². The van der Waals surface area contributed by atoms with Gasteiger partial charge >= 0.3 is 12.0 Å². The summed E-state index contributed by atoms with van der Waals surface area (Å²) >= 11 is 0. The summed E-state index contributed by atoms with van der Waals surface area (Å²) in [4.78, 5) is 23.5. The van der Waals surface area contributed by atoms with Gasteiger partial charge in [0.1, 0.15) is 6.04 Å². The average Bonchev–Trinajstić information content (AvgIpc) is 2.33. The SMILES string of the molecule is COC(=O)C(NC(=O)Nc1cc(C)cc(C)c1)C(C)C. The van der Waals surface area contributed by atoms with Gasteiger partial charge in [-0.1, -0.05) is 19.9 Å². The van der Waals surface area contributed by atoms with Gasteiger partial charge in [-0.15, -0.1) is 0 Å². The zero-order chi connectivity index (χ0) is 15.3. The van der Waals surface area contributed by atoms with E-state index < -0.39 is 18.0 Å². The second-order valence-corrected chi connectivity index (χ2v) is 5.22. The van der Waals surface area contributed by atoms with Crippen molar-refractivity contribution in [3.05, 3.63) is 29.3 Å². The minimum atomic E-state index is -0.661. The smallest absolute Gasteiger partial charge is 0.328 e. The zero-order valence-corrected chi connectivity index (χ0v) is 12.6. The molecule has 1 aromatic rings. The summed E-state index contributed by atoms with van der Waals surface area (Å²) in [6, 6.07) is 4.68. The minimum Gasteiger partial charge on any atom is -0.467 e. The van der Waals surface area contributed by atoms with Gasteiger partial charge in [-0.05, 0) is 43.0 Å². The molecule has 0 aliphatic heterocycles. The van der Waals surface area contributed by atoms with Crippen LogP contribution in [-0.4, -0.2) is 25.2 Å². The van der Waals surface area contributed by atoms with Crippen LogP contribution in [0, 0.1) is 19.8 Å². The van der Waals surface area contributed by atoms with Gasteiger partial charge in [-0.3, -0.25) is 0 Å². The molecule has 20 heavy (non-hydrogen) atoms. The molecular formula is C15H22N2O3. The Bertz CT molecular complexity index is 478. The number of rotatable bonds is 4. The van der Waals surface area contributed by atoms with E-state index in [0.29, 0.717) is 5.69 Å². The standard InChI is InChI=1S/C15H22N2O3/c1-9(2)13(14(18)20-5)17-15(19)16-12-7-10(3)6-11(4)8-12/h6-9,13H,1-5H3,(H2,16,17,19). The number of benzene rings is 1. The lowest BCUT2D eigenvalue weighted by Crippen LogP contribution is -2.46. The highest BCUT2D eigenvalue weighted by atomic mass is 16.5. The molecule has 0 saturated carbocycles. The first-order chi connectivity index (χ1) is 9.33. The lowest BCUT2D eigenvalue weighted by molar-refractivity contribution is -0.143. The monoisotopic (exact) mass is 278 g/mol. The van der Waals surface area contributed by atoms with Crippen molar-refractivity contribution in [1.82, 2.24) is 5.32 Å². The Balaban J connectivity index is 2.73. The van der Waals surface area contributed by atoms with Gasteiger partial charge in [0.2, 0.25) is 0 Å². The van der Waals surface area contributed by atoms with Crippen molar-refractivity contribution in [3.8, 4) is 0 Å². The Morgan fingerprint density at radius 1 is 1.10 bits per heavy atom. The van der Waals surface area contributed by atoms with E-state index in [1.165, 1.54) is 7.11 Å². The predicted molar refractivity (Wildman–Crippen MR) is 78.7 cm³/mol. The molecule has 0 aliphatic carbocycles. The number of carbonyl (C=O) groups excluding carboxylic acids is 2. The fraction of sp³-hybridized carbons (Fsp3) is 0.467. The number of esters is 1. The van der Waals surface area contributed by atoms with Gasteiger partial charge in [0, 0.05) is 5.69 Å². The molecule has 1 atom stereocenters. The lowest BCUT2D eigenvalue weighted by Gasteiger charge is -2.20. The summed E-state index contributed by atoms with van der Waals surface area (Å²) in [5, 5.41) is 5.36. The summed E-state index contributed by atoms with van der Waals surface area (Å²) in [6.45, 7) is 7.61. The van der Waals surface area contributed by atoms with E-state index in [1.807, 2.05) is 45.9 Å². The summed E-state index contributed by atoms with van der Waals surface area (Å²) in [5.74, 6) is -0.497. The molecule has 2 N–H and O–H groups in total. The van der Waals surface area contributed by atoms with Crippen molar-refractivity contribution >= 4 is 17.7 Å². The van der Waals surface area contributed by atoms with Gasteiger partial charge in [0.05, 0.1) is 7.11 Å². The third kappa shape index (κ3) is 4.57. The number of urea groups is 1. The van der Waals surface area contributed by atoms with Gasteiger partial charge in [-0.25, -0.2) is 9.59 Å². The topological polar surface area (TPSA) is 67.4 Å². The first-order valence-corrected chi connectivity index (χ1v) is 6.57. The number of hydrogen-bond acceptors (Lipinski definition) is 3. The zero-order valence-electron chi connectivity index (χ0n) is 12.6. The number of carbonyl (C=O) groups is 2. The molecule has 1 unspecified atom stereocenters. The highest BCUT2D eigenvalue weighted by Gasteiger charge is 2.24. The third-order valence-corrected chi connectivity index (χ3v) is 2.89. The fourth-order valence-corrected chi connectivity index (χ4v) is 1.98. The summed E-state index contributed by atoms with van der Waals surface area (Å²) in [7, 11) is 1.31. The molecule has 1 rings (SSSR count). The second kappa shape index (κ2) is 6.93. The van der Waals surface area contributed by atoms with Crippen molar-refractivity contribution in [2.45, 2.75) is 33.7 Å². The van der Waals surface area contributed by atoms with Crippen molar-refractivity contribution in [1.29, 1.82) is 0 Å². The van der Waals surface area contributed by atoms with Crippen LogP contribution in [0.5, 0.6) is 0 Å². The molecule has 0 saturated heterocycles. The van der Waals surface area contributed by atoms with Crippen LogP contribution in [0.25, 0.3) is 0 Å². The van der Waals surface area contributed by atoms with Crippen LogP contribution in [-0.2, 0) is 9.53 Å².